The second kappa shape index (κ2) is 5.43. The molecule has 1 fully saturated rings. The Morgan fingerprint density at radius 3 is 2.32 bits per heavy atom. The van der Waals surface area contributed by atoms with Gasteiger partial charge in [-0.3, -0.25) is 14.4 Å². The number of carbonyl (C=O) groups excluding carboxylic acids is 3. The summed E-state index contributed by atoms with van der Waals surface area (Å²) in [6, 6.07) is 6.59. The lowest BCUT2D eigenvalue weighted by Gasteiger charge is -2.38. The number of halogens is 1. The van der Waals surface area contributed by atoms with E-state index in [4.69, 9.17) is 11.6 Å². The number of nitrogens with zero attached hydrogens (tertiary/aromatic N) is 2. The fourth-order valence-corrected chi connectivity index (χ4v) is 4.21. The summed E-state index contributed by atoms with van der Waals surface area (Å²) in [6.45, 7) is 4.04. The van der Waals surface area contributed by atoms with Crippen molar-refractivity contribution in [1.29, 1.82) is 0 Å². The minimum absolute atomic E-state index is 0.0150. The SMILES string of the molecule is CC1(C)CC(=O)C2=C(C1)N1C(=O)CCC(=O)N1C2c1ccc(Cl)cc1. The smallest absolute Gasteiger partial charge is 0.246 e. The van der Waals surface area contributed by atoms with Crippen molar-refractivity contribution >= 4 is 29.2 Å². The number of ketones is 1. The van der Waals surface area contributed by atoms with Crippen LogP contribution in [0.15, 0.2) is 35.5 Å². The number of hydrazine groups is 1. The van der Waals surface area contributed by atoms with Crippen molar-refractivity contribution in [2.24, 2.45) is 5.41 Å². The van der Waals surface area contributed by atoms with Crippen LogP contribution >= 0.6 is 11.6 Å². The molecule has 6 heteroatoms. The summed E-state index contributed by atoms with van der Waals surface area (Å²) in [7, 11) is 0. The molecule has 2 heterocycles. The van der Waals surface area contributed by atoms with Gasteiger partial charge >= 0.3 is 0 Å². The van der Waals surface area contributed by atoms with Gasteiger partial charge in [-0.25, -0.2) is 10.0 Å². The number of hydrogen-bond acceptors (Lipinski definition) is 3. The molecule has 3 aliphatic rings. The third-order valence-corrected chi connectivity index (χ3v) is 5.37. The number of rotatable bonds is 1. The van der Waals surface area contributed by atoms with E-state index in [2.05, 4.69) is 0 Å². The molecule has 1 saturated heterocycles. The molecule has 1 atom stereocenters. The molecular formula is C19H19ClN2O3. The zero-order valence-corrected chi connectivity index (χ0v) is 15.0. The maximum absolute atomic E-state index is 12.9. The molecule has 1 aromatic carbocycles. The maximum Gasteiger partial charge on any atom is 0.246 e. The largest absolute Gasteiger partial charge is 0.294 e. The molecule has 0 spiro atoms. The van der Waals surface area contributed by atoms with Crippen LogP contribution in [0.3, 0.4) is 0 Å². The van der Waals surface area contributed by atoms with E-state index in [-0.39, 0.29) is 35.9 Å². The number of allylic oxidation sites excluding steroid dienone is 1. The molecule has 0 aromatic heterocycles. The van der Waals surface area contributed by atoms with Crippen LogP contribution in [0.25, 0.3) is 0 Å². The molecule has 1 aromatic rings. The number of carbonyl (C=O) groups is 3. The van der Waals surface area contributed by atoms with Gasteiger partial charge in [0.15, 0.2) is 5.78 Å². The Morgan fingerprint density at radius 1 is 1.00 bits per heavy atom. The van der Waals surface area contributed by atoms with Gasteiger partial charge in [0.1, 0.15) is 6.04 Å². The van der Waals surface area contributed by atoms with Gasteiger partial charge in [-0.05, 0) is 29.5 Å². The predicted octanol–water partition coefficient (Wildman–Crippen LogP) is 3.40. The number of Topliss-reactive ketones (excluding diaryl/α,β-unsaturated/α-hetero) is 1. The van der Waals surface area contributed by atoms with E-state index in [1.807, 2.05) is 26.0 Å². The molecule has 1 unspecified atom stereocenters. The Kier molecular flexibility index (Phi) is 3.55. The third-order valence-electron chi connectivity index (χ3n) is 5.12. The van der Waals surface area contributed by atoms with Gasteiger partial charge in [0.2, 0.25) is 11.8 Å². The molecule has 0 bridgehead atoms. The van der Waals surface area contributed by atoms with Gasteiger partial charge in [-0.15, -0.1) is 0 Å². The summed E-state index contributed by atoms with van der Waals surface area (Å²) in [5.41, 5.74) is 1.86. The molecule has 4 rings (SSSR count). The first-order valence-electron chi connectivity index (χ1n) is 8.45. The molecule has 2 aliphatic heterocycles. The zero-order chi connectivity index (χ0) is 17.9. The van der Waals surface area contributed by atoms with E-state index in [9.17, 15) is 14.4 Å². The van der Waals surface area contributed by atoms with E-state index < -0.39 is 6.04 Å². The van der Waals surface area contributed by atoms with Gasteiger partial charge < -0.3 is 0 Å². The first-order valence-corrected chi connectivity index (χ1v) is 8.83. The second-order valence-corrected chi connectivity index (χ2v) is 8.14. The number of amides is 2. The highest BCUT2D eigenvalue weighted by Crippen LogP contribution is 2.51. The standard InChI is InChI=1S/C19H19ClN2O3/c1-19(2)9-13-17(14(23)10-19)18(11-3-5-12(20)6-4-11)22-16(25)8-7-15(24)21(13)22/h3-6,18H,7-10H2,1-2H3. The van der Waals surface area contributed by atoms with Crippen molar-refractivity contribution in [3.8, 4) is 0 Å². The average molecular weight is 359 g/mol. The van der Waals surface area contributed by atoms with Crippen molar-refractivity contribution < 1.29 is 14.4 Å². The van der Waals surface area contributed by atoms with E-state index in [1.54, 1.807) is 12.1 Å². The Labute approximate surface area is 151 Å². The highest BCUT2D eigenvalue weighted by molar-refractivity contribution is 6.30. The summed E-state index contributed by atoms with van der Waals surface area (Å²) in [5.74, 6) is -0.227. The van der Waals surface area contributed by atoms with Crippen LogP contribution in [0.4, 0.5) is 0 Å². The van der Waals surface area contributed by atoms with Crippen LogP contribution in [0.2, 0.25) is 5.02 Å². The fraction of sp³-hybridized carbons (Fsp3) is 0.421. The second-order valence-electron chi connectivity index (χ2n) is 7.70. The van der Waals surface area contributed by atoms with Crippen LogP contribution in [0.5, 0.6) is 0 Å². The molecule has 130 valence electrons. The zero-order valence-electron chi connectivity index (χ0n) is 14.2. The van der Waals surface area contributed by atoms with Gasteiger partial charge in [0.05, 0.1) is 5.70 Å². The van der Waals surface area contributed by atoms with Gasteiger partial charge in [0.25, 0.3) is 0 Å². The average Bonchev–Trinajstić information content (AvgIpc) is 2.87. The van der Waals surface area contributed by atoms with E-state index >= 15 is 0 Å². The van der Waals surface area contributed by atoms with E-state index in [0.717, 1.165) is 5.56 Å². The Morgan fingerprint density at radius 2 is 1.64 bits per heavy atom. The van der Waals surface area contributed by atoms with Gasteiger partial charge in [-0.1, -0.05) is 37.6 Å². The first kappa shape index (κ1) is 16.3. The lowest BCUT2D eigenvalue weighted by atomic mass is 9.74. The molecule has 5 nitrogen and oxygen atoms in total. The summed E-state index contributed by atoms with van der Waals surface area (Å²) in [4.78, 5) is 38.2. The normalized spacial score (nSPS) is 25.4. The number of fused-ring (bicyclic) bond motifs is 2. The molecular weight excluding hydrogens is 340 g/mol. The fourth-order valence-electron chi connectivity index (χ4n) is 4.08. The molecule has 1 aliphatic carbocycles. The monoisotopic (exact) mass is 358 g/mol. The molecule has 0 N–H and O–H groups in total. The Hall–Kier alpha value is -2.14. The van der Waals surface area contributed by atoms with Gasteiger partial charge in [0, 0.05) is 29.9 Å². The molecule has 0 radical (unpaired) electrons. The van der Waals surface area contributed by atoms with Crippen LogP contribution in [-0.2, 0) is 14.4 Å². The van der Waals surface area contributed by atoms with Crippen molar-refractivity contribution in [2.75, 3.05) is 0 Å². The van der Waals surface area contributed by atoms with Crippen LogP contribution in [0.1, 0.15) is 51.1 Å². The number of hydrogen-bond donors (Lipinski definition) is 0. The van der Waals surface area contributed by atoms with Crippen molar-refractivity contribution in [3.63, 3.8) is 0 Å². The summed E-state index contributed by atoms with van der Waals surface area (Å²) in [5, 5.41) is 3.54. The lowest BCUT2D eigenvalue weighted by Crippen LogP contribution is -2.50. The van der Waals surface area contributed by atoms with Crippen molar-refractivity contribution in [3.05, 3.63) is 46.1 Å². The number of benzene rings is 1. The summed E-state index contributed by atoms with van der Waals surface area (Å²) >= 11 is 5.99. The Bertz CT molecular complexity index is 826. The summed E-state index contributed by atoms with van der Waals surface area (Å²) < 4.78 is 0. The quantitative estimate of drug-likeness (QED) is 0.773. The highest BCUT2D eigenvalue weighted by atomic mass is 35.5. The predicted molar refractivity (Wildman–Crippen MR) is 92.2 cm³/mol. The summed E-state index contributed by atoms with van der Waals surface area (Å²) in [6.07, 6.45) is 1.39. The minimum Gasteiger partial charge on any atom is -0.294 e. The molecule has 25 heavy (non-hydrogen) atoms. The van der Waals surface area contributed by atoms with Crippen LogP contribution < -0.4 is 0 Å². The molecule has 0 saturated carbocycles. The topological polar surface area (TPSA) is 57.7 Å². The highest BCUT2D eigenvalue weighted by Gasteiger charge is 2.52. The third kappa shape index (κ3) is 2.49. The minimum atomic E-state index is -0.535. The first-order chi connectivity index (χ1) is 11.8. The maximum atomic E-state index is 12.9. The van der Waals surface area contributed by atoms with Crippen LogP contribution in [-0.4, -0.2) is 27.6 Å². The molecule has 2 amide bonds. The van der Waals surface area contributed by atoms with Crippen LogP contribution in [0, 0.1) is 5.41 Å². The van der Waals surface area contributed by atoms with Gasteiger partial charge in [-0.2, -0.15) is 0 Å². The van der Waals surface area contributed by atoms with E-state index in [0.29, 0.717) is 29.1 Å². The Balaban J connectivity index is 1.90. The lowest BCUT2D eigenvalue weighted by molar-refractivity contribution is -0.167. The van der Waals surface area contributed by atoms with Crippen molar-refractivity contribution in [1.82, 2.24) is 10.0 Å². The van der Waals surface area contributed by atoms with E-state index in [1.165, 1.54) is 10.0 Å². The van der Waals surface area contributed by atoms with Crippen molar-refractivity contribution in [2.45, 2.75) is 45.6 Å².